The number of carbonyl (C=O) groups is 2. The number of halogens is 2. The molecule has 0 saturated heterocycles. The van der Waals surface area contributed by atoms with Crippen molar-refractivity contribution in [3.8, 4) is 5.75 Å². The van der Waals surface area contributed by atoms with Gasteiger partial charge in [-0.05, 0) is 39.0 Å². The molecule has 0 aliphatic rings. The van der Waals surface area contributed by atoms with Gasteiger partial charge < -0.3 is 14.5 Å². The number of benzene rings is 1. The minimum absolute atomic E-state index is 0.0332. The van der Waals surface area contributed by atoms with E-state index < -0.39 is 17.6 Å². The lowest BCUT2D eigenvalue weighted by Gasteiger charge is -2.08. The van der Waals surface area contributed by atoms with Crippen LogP contribution in [0.2, 0.25) is 0 Å². The molecule has 5 nitrogen and oxygen atoms in total. The summed E-state index contributed by atoms with van der Waals surface area (Å²) in [6.45, 7) is 4.88. The summed E-state index contributed by atoms with van der Waals surface area (Å²) in [4.78, 5) is 27.5. The average molecular weight is 398 g/mol. The first-order chi connectivity index (χ1) is 11.3. The predicted molar refractivity (Wildman–Crippen MR) is 90.1 cm³/mol. The lowest BCUT2D eigenvalue weighted by atomic mass is 10.1. The maximum atomic E-state index is 13.7. The Bertz CT molecular complexity index is 785. The van der Waals surface area contributed by atoms with Crippen molar-refractivity contribution in [2.75, 3.05) is 13.2 Å². The van der Waals surface area contributed by atoms with Gasteiger partial charge in [0.05, 0.1) is 17.7 Å². The van der Waals surface area contributed by atoms with E-state index in [0.717, 1.165) is 0 Å². The number of hydrogen-bond donors (Lipinski definition) is 1. The second kappa shape index (κ2) is 7.61. The van der Waals surface area contributed by atoms with E-state index in [9.17, 15) is 14.0 Å². The van der Waals surface area contributed by atoms with E-state index in [1.165, 1.54) is 12.1 Å². The van der Waals surface area contributed by atoms with Gasteiger partial charge in [0, 0.05) is 15.9 Å². The lowest BCUT2D eigenvalue weighted by molar-refractivity contribution is 0.0522. The van der Waals surface area contributed by atoms with Crippen molar-refractivity contribution >= 4 is 27.7 Å². The summed E-state index contributed by atoms with van der Waals surface area (Å²) in [6.07, 6.45) is 0. The Morgan fingerprint density at radius 3 is 2.50 bits per heavy atom. The highest BCUT2D eigenvalue weighted by Gasteiger charge is 2.25. The van der Waals surface area contributed by atoms with Gasteiger partial charge >= 0.3 is 5.97 Å². The van der Waals surface area contributed by atoms with Crippen molar-refractivity contribution in [2.45, 2.75) is 20.8 Å². The molecule has 2 rings (SSSR count). The van der Waals surface area contributed by atoms with Gasteiger partial charge in [-0.1, -0.05) is 15.9 Å². The van der Waals surface area contributed by atoms with E-state index in [-0.39, 0.29) is 30.1 Å². The SMILES string of the molecule is CCOC(=O)c1c(C)[nH]c(C)c1C(=O)COc1ccc(Br)cc1F. The molecular weight excluding hydrogens is 381 g/mol. The fourth-order valence-electron chi connectivity index (χ4n) is 2.40. The van der Waals surface area contributed by atoms with Crippen LogP contribution >= 0.6 is 15.9 Å². The summed E-state index contributed by atoms with van der Waals surface area (Å²) in [7, 11) is 0. The van der Waals surface area contributed by atoms with Crippen LogP contribution in [0.3, 0.4) is 0 Å². The first kappa shape index (κ1) is 18.2. The fraction of sp³-hybridized carbons (Fsp3) is 0.294. The van der Waals surface area contributed by atoms with Crippen molar-refractivity contribution in [1.29, 1.82) is 0 Å². The molecule has 24 heavy (non-hydrogen) atoms. The van der Waals surface area contributed by atoms with Crippen LogP contribution < -0.4 is 4.74 Å². The molecule has 0 amide bonds. The Labute approximate surface area is 147 Å². The highest BCUT2D eigenvalue weighted by molar-refractivity contribution is 9.10. The molecule has 0 aliphatic carbocycles. The number of esters is 1. The number of Topliss-reactive ketones (excluding diaryl/α,β-unsaturated/α-hetero) is 1. The van der Waals surface area contributed by atoms with Crippen LogP contribution in [0.1, 0.15) is 39.0 Å². The fourth-order valence-corrected chi connectivity index (χ4v) is 2.73. The first-order valence-corrected chi connectivity index (χ1v) is 8.11. The molecule has 1 aromatic carbocycles. The number of aryl methyl sites for hydroxylation is 2. The van der Waals surface area contributed by atoms with E-state index in [4.69, 9.17) is 9.47 Å². The normalized spacial score (nSPS) is 10.5. The van der Waals surface area contributed by atoms with Crippen LogP contribution in [-0.4, -0.2) is 30.0 Å². The van der Waals surface area contributed by atoms with Crippen LogP contribution in [0.25, 0.3) is 0 Å². The van der Waals surface area contributed by atoms with Crippen molar-refractivity contribution in [2.24, 2.45) is 0 Å². The molecule has 7 heteroatoms. The molecule has 1 heterocycles. The summed E-state index contributed by atoms with van der Waals surface area (Å²) in [6, 6.07) is 4.28. The summed E-state index contributed by atoms with van der Waals surface area (Å²) in [5.74, 6) is -1.61. The maximum Gasteiger partial charge on any atom is 0.340 e. The predicted octanol–water partition coefficient (Wildman–Crippen LogP) is 3.97. The minimum Gasteiger partial charge on any atom is -0.482 e. The van der Waals surface area contributed by atoms with Crippen molar-refractivity contribution in [3.05, 3.63) is 51.0 Å². The maximum absolute atomic E-state index is 13.7. The lowest BCUT2D eigenvalue weighted by Crippen LogP contribution is -2.17. The highest BCUT2D eigenvalue weighted by Crippen LogP contribution is 2.23. The Morgan fingerprint density at radius 2 is 1.88 bits per heavy atom. The van der Waals surface area contributed by atoms with Crippen LogP contribution in [0.4, 0.5) is 4.39 Å². The summed E-state index contributed by atoms with van der Waals surface area (Å²) < 4.78 is 24.6. The molecule has 128 valence electrons. The van der Waals surface area contributed by atoms with Gasteiger partial charge in [-0.25, -0.2) is 9.18 Å². The van der Waals surface area contributed by atoms with Gasteiger partial charge in [0.1, 0.15) is 0 Å². The molecule has 0 aliphatic heterocycles. The number of H-pyrrole nitrogens is 1. The quantitative estimate of drug-likeness (QED) is 0.591. The third-order valence-electron chi connectivity index (χ3n) is 3.39. The molecule has 0 atom stereocenters. The molecule has 2 aromatic rings. The Hall–Kier alpha value is -2.15. The number of aromatic amines is 1. The summed E-state index contributed by atoms with van der Waals surface area (Å²) in [5, 5.41) is 0. The zero-order chi connectivity index (χ0) is 17.9. The molecule has 0 radical (unpaired) electrons. The monoisotopic (exact) mass is 397 g/mol. The number of ketones is 1. The van der Waals surface area contributed by atoms with E-state index in [2.05, 4.69) is 20.9 Å². The number of aromatic nitrogens is 1. The minimum atomic E-state index is -0.579. The van der Waals surface area contributed by atoms with Crippen molar-refractivity contribution < 1.29 is 23.5 Å². The van der Waals surface area contributed by atoms with Gasteiger partial charge in [0.15, 0.2) is 18.2 Å². The molecule has 0 fully saturated rings. The molecule has 0 unspecified atom stereocenters. The van der Waals surface area contributed by atoms with Crippen LogP contribution in [-0.2, 0) is 4.74 Å². The van der Waals surface area contributed by atoms with Crippen molar-refractivity contribution in [1.82, 2.24) is 4.98 Å². The number of nitrogens with one attached hydrogen (secondary N) is 1. The average Bonchev–Trinajstić information content (AvgIpc) is 2.80. The van der Waals surface area contributed by atoms with Crippen molar-refractivity contribution in [3.63, 3.8) is 0 Å². The molecule has 1 N–H and O–H groups in total. The Morgan fingerprint density at radius 1 is 1.21 bits per heavy atom. The van der Waals surface area contributed by atoms with Gasteiger partial charge in [0.2, 0.25) is 5.78 Å². The van der Waals surface area contributed by atoms with Gasteiger partial charge in [-0.3, -0.25) is 4.79 Å². The Balaban J connectivity index is 2.22. The molecule has 0 spiro atoms. The van der Waals surface area contributed by atoms with E-state index >= 15 is 0 Å². The zero-order valence-electron chi connectivity index (χ0n) is 13.5. The Kier molecular flexibility index (Phi) is 5.77. The van der Waals surface area contributed by atoms with E-state index in [1.54, 1.807) is 26.8 Å². The molecule has 1 aromatic heterocycles. The molecule has 0 bridgehead atoms. The van der Waals surface area contributed by atoms with Crippen LogP contribution in [0.5, 0.6) is 5.75 Å². The summed E-state index contributed by atoms with van der Waals surface area (Å²) in [5.41, 5.74) is 1.49. The van der Waals surface area contributed by atoms with Crippen LogP contribution in [0, 0.1) is 19.7 Å². The third-order valence-corrected chi connectivity index (χ3v) is 3.88. The van der Waals surface area contributed by atoms with Crippen LogP contribution in [0.15, 0.2) is 22.7 Å². The molecule has 0 saturated carbocycles. The van der Waals surface area contributed by atoms with Gasteiger partial charge in [0.25, 0.3) is 0 Å². The number of rotatable bonds is 6. The number of carbonyl (C=O) groups excluding carboxylic acids is 2. The van der Waals surface area contributed by atoms with Gasteiger partial charge in [-0.15, -0.1) is 0 Å². The molecular formula is C17H17BrFNO4. The topological polar surface area (TPSA) is 68.4 Å². The second-order valence-electron chi connectivity index (χ2n) is 5.13. The summed E-state index contributed by atoms with van der Waals surface area (Å²) >= 11 is 3.15. The highest BCUT2D eigenvalue weighted by atomic mass is 79.9. The number of hydrogen-bond acceptors (Lipinski definition) is 4. The van der Waals surface area contributed by atoms with Gasteiger partial charge in [-0.2, -0.15) is 0 Å². The van der Waals surface area contributed by atoms with E-state index in [1.807, 2.05) is 0 Å². The standard InChI is InChI=1S/C17H17BrFNO4/c1-4-23-17(22)16-10(3)20-9(2)15(16)13(21)8-24-14-6-5-11(18)7-12(14)19/h5-7,20H,4,8H2,1-3H3. The largest absolute Gasteiger partial charge is 0.482 e. The smallest absolute Gasteiger partial charge is 0.340 e. The first-order valence-electron chi connectivity index (χ1n) is 7.32. The van der Waals surface area contributed by atoms with E-state index in [0.29, 0.717) is 15.9 Å². The zero-order valence-corrected chi connectivity index (χ0v) is 15.1. The third kappa shape index (κ3) is 3.84. The number of ether oxygens (including phenoxy) is 2. The second-order valence-corrected chi connectivity index (χ2v) is 6.05.